The van der Waals surface area contributed by atoms with Crippen molar-refractivity contribution < 1.29 is 18.7 Å². The first kappa shape index (κ1) is 16.6. The van der Waals surface area contributed by atoms with Crippen LogP contribution in [0, 0.1) is 0 Å². The maximum absolute atomic E-state index is 12.4. The van der Waals surface area contributed by atoms with E-state index < -0.39 is 6.04 Å². The van der Waals surface area contributed by atoms with E-state index in [9.17, 15) is 4.79 Å². The van der Waals surface area contributed by atoms with Gasteiger partial charge in [0.1, 0.15) is 6.26 Å². The number of benzene rings is 1. The van der Waals surface area contributed by atoms with Crippen molar-refractivity contribution in [1.82, 2.24) is 9.88 Å². The average molecular weight is 331 g/mol. The number of oxazole rings is 1. The molecule has 7 nitrogen and oxygen atoms in total. The van der Waals surface area contributed by atoms with E-state index in [1.807, 2.05) is 30.3 Å². The number of carbonyl (C=O) groups is 1. The molecule has 2 N–H and O–H groups in total. The summed E-state index contributed by atoms with van der Waals surface area (Å²) >= 11 is 0. The number of hydrogen-bond donors (Lipinski definition) is 1. The second kappa shape index (κ2) is 7.57. The maximum Gasteiger partial charge on any atom is 0.275 e. The minimum atomic E-state index is -0.402. The summed E-state index contributed by atoms with van der Waals surface area (Å²) in [6.07, 6.45) is 1.55. The lowest BCUT2D eigenvalue weighted by atomic mass is 10.1. The number of rotatable bonds is 6. The third kappa shape index (κ3) is 4.00. The molecule has 0 bridgehead atoms. The van der Waals surface area contributed by atoms with Gasteiger partial charge in [0.2, 0.25) is 5.89 Å². The molecule has 1 aliphatic heterocycles. The molecule has 0 radical (unpaired) electrons. The molecule has 2 aromatic rings. The van der Waals surface area contributed by atoms with Crippen LogP contribution in [0.2, 0.25) is 0 Å². The highest BCUT2D eigenvalue weighted by atomic mass is 16.7. The molecule has 0 aliphatic carbocycles. The molecular formula is C17H21N3O4. The van der Waals surface area contributed by atoms with Gasteiger partial charge in [0.25, 0.3) is 5.91 Å². The van der Waals surface area contributed by atoms with Crippen molar-refractivity contribution in [2.24, 2.45) is 5.73 Å². The number of amides is 1. The van der Waals surface area contributed by atoms with E-state index in [1.54, 1.807) is 7.05 Å². The Balaban J connectivity index is 1.60. The maximum atomic E-state index is 12.4. The molecule has 1 unspecified atom stereocenters. The SMILES string of the molecule is CN(CC1OCCO1)C(=O)c1coc(C(N)Cc2ccccc2)n1. The van der Waals surface area contributed by atoms with Crippen LogP contribution in [-0.2, 0) is 15.9 Å². The Morgan fingerprint density at radius 1 is 1.33 bits per heavy atom. The molecule has 3 rings (SSSR count). The molecule has 1 aromatic carbocycles. The van der Waals surface area contributed by atoms with Crippen molar-refractivity contribution >= 4 is 5.91 Å². The Kier molecular flexibility index (Phi) is 5.24. The van der Waals surface area contributed by atoms with Gasteiger partial charge in [0.15, 0.2) is 12.0 Å². The van der Waals surface area contributed by atoms with Crippen molar-refractivity contribution in [3.63, 3.8) is 0 Å². The third-order valence-corrected chi connectivity index (χ3v) is 3.82. The van der Waals surface area contributed by atoms with Crippen LogP contribution in [0.25, 0.3) is 0 Å². The number of ether oxygens (including phenoxy) is 2. The van der Waals surface area contributed by atoms with Gasteiger partial charge in [-0.05, 0) is 12.0 Å². The zero-order chi connectivity index (χ0) is 16.9. The normalized spacial score (nSPS) is 16.2. The van der Waals surface area contributed by atoms with Crippen molar-refractivity contribution in [3.8, 4) is 0 Å². The number of nitrogens with two attached hydrogens (primary N) is 1. The van der Waals surface area contributed by atoms with Gasteiger partial charge in [-0.25, -0.2) is 4.98 Å². The van der Waals surface area contributed by atoms with E-state index in [0.717, 1.165) is 5.56 Å². The van der Waals surface area contributed by atoms with E-state index in [1.165, 1.54) is 11.2 Å². The van der Waals surface area contributed by atoms with Gasteiger partial charge < -0.3 is 24.5 Å². The third-order valence-electron chi connectivity index (χ3n) is 3.82. The summed E-state index contributed by atoms with van der Waals surface area (Å²) < 4.78 is 16.1. The number of nitrogens with zero attached hydrogens (tertiary/aromatic N) is 2. The van der Waals surface area contributed by atoms with Crippen LogP contribution in [0.4, 0.5) is 0 Å². The molecule has 7 heteroatoms. The van der Waals surface area contributed by atoms with Crippen LogP contribution < -0.4 is 5.73 Å². The van der Waals surface area contributed by atoms with Crippen molar-refractivity contribution in [1.29, 1.82) is 0 Å². The Morgan fingerprint density at radius 2 is 2.04 bits per heavy atom. The Bertz CT molecular complexity index is 667. The van der Waals surface area contributed by atoms with Crippen molar-refractivity contribution in [3.05, 3.63) is 53.7 Å². The van der Waals surface area contributed by atoms with Crippen molar-refractivity contribution in [2.75, 3.05) is 26.8 Å². The monoisotopic (exact) mass is 331 g/mol. The highest BCUT2D eigenvalue weighted by molar-refractivity contribution is 5.91. The summed E-state index contributed by atoms with van der Waals surface area (Å²) in [5.74, 6) is 0.0972. The fourth-order valence-electron chi connectivity index (χ4n) is 2.53. The van der Waals surface area contributed by atoms with Gasteiger partial charge in [-0.3, -0.25) is 4.79 Å². The van der Waals surface area contributed by atoms with E-state index in [4.69, 9.17) is 19.6 Å². The summed E-state index contributed by atoms with van der Waals surface area (Å²) in [6, 6.07) is 9.43. The molecule has 24 heavy (non-hydrogen) atoms. The largest absolute Gasteiger partial charge is 0.446 e. The molecule has 2 heterocycles. The van der Waals surface area contributed by atoms with Gasteiger partial charge in [0.05, 0.1) is 25.8 Å². The van der Waals surface area contributed by atoms with E-state index in [2.05, 4.69) is 4.98 Å². The standard InChI is InChI=1S/C17H21N3O4/c1-20(10-15-22-7-8-23-15)17(21)14-11-24-16(19-14)13(18)9-12-5-3-2-4-6-12/h2-6,11,13,15H,7-10,18H2,1H3. The van der Waals surface area contributed by atoms with Crippen LogP contribution in [0.3, 0.4) is 0 Å². The molecule has 0 spiro atoms. The van der Waals surface area contributed by atoms with Gasteiger partial charge in [-0.15, -0.1) is 0 Å². The second-order valence-corrected chi connectivity index (χ2v) is 5.72. The molecule has 0 saturated carbocycles. The Labute approximate surface area is 140 Å². The topological polar surface area (TPSA) is 90.8 Å². The van der Waals surface area contributed by atoms with Crippen LogP contribution >= 0.6 is 0 Å². The Morgan fingerprint density at radius 3 is 2.75 bits per heavy atom. The molecule has 1 aromatic heterocycles. The van der Waals surface area contributed by atoms with Crippen LogP contribution in [0.1, 0.15) is 28.0 Å². The quantitative estimate of drug-likeness (QED) is 0.859. The molecule has 1 fully saturated rings. The molecular weight excluding hydrogens is 310 g/mol. The predicted octanol–water partition coefficient (Wildman–Crippen LogP) is 1.36. The number of aromatic nitrogens is 1. The lowest BCUT2D eigenvalue weighted by Gasteiger charge is -2.18. The molecule has 1 amide bonds. The zero-order valence-electron chi connectivity index (χ0n) is 13.6. The van der Waals surface area contributed by atoms with E-state index >= 15 is 0 Å². The lowest BCUT2D eigenvalue weighted by molar-refractivity contribution is -0.0543. The second-order valence-electron chi connectivity index (χ2n) is 5.72. The molecule has 1 atom stereocenters. The van der Waals surface area contributed by atoms with Crippen LogP contribution in [0.5, 0.6) is 0 Å². The molecule has 1 saturated heterocycles. The first-order valence-electron chi connectivity index (χ1n) is 7.87. The van der Waals surface area contributed by atoms with Gasteiger partial charge in [0, 0.05) is 7.05 Å². The lowest BCUT2D eigenvalue weighted by Crippen LogP contribution is -2.35. The molecule has 1 aliphatic rings. The molecule has 128 valence electrons. The highest BCUT2D eigenvalue weighted by Gasteiger charge is 2.24. The number of hydrogen-bond acceptors (Lipinski definition) is 6. The minimum absolute atomic E-state index is 0.231. The predicted molar refractivity (Wildman–Crippen MR) is 86.2 cm³/mol. The summed E-state index contributed by atoms with van der Waals surface area (Å²) in [6.45, 7) is 1.45. The van der Waals surface area contributed by atoms with Crippen molar-refractivity contribution in [2.45, 2.75) is 18.8 Å². The van der Waals surface area contributed by atoms with Crippen LogP contribution in [-0.4, -0.2) is 48.9 Å². The fourth-order valence-corrected chi connectivity index (χ4v) is 2.53. The first-order chi connectivity index (χ1) is 11.6. The first-order valence-corrected chi connectivity index (χ1v) is 7.87. The highest BCUT2D eigenvalue weighted by Crippen LogP contribution is 2.17. The smallest absolute Gasteiger partial charge is 0.275 e. The fraction of sp³-hybridized carbons (Fsp3) is 0.412. The Hall–Kier alpha value is -2.22. The van der Waals surface area contributed by atoms with Crippen LogP contribution in [0.15, 0.2) is 41.0 Å². The summed E-state index contributed by atoms with van der Waals surface area (Å²) in [5.41, 5.74) is 7.44. The van der Waals surface area contributed by atoms with E-state index in [0.29, 0.717) is 32.1 Å². The summed E-state index contributed by atoms with van der Waals surface area (Å²) in [4.78, 5) is 18.1. The number of carbonyl (C=O) groups excluding carboxylic acids is 1. The minimum Gasteiger partial charge on any atom is -0.446 e. The van der Waals surface area contributed by atoms with Gasteiger partial charge in [-0.1, -0.05) is 30.3 Å². The van der Waals surface area contributed by atoms with Gasteiger partial charge >= 0.3 is 0 Å². The zero-order valence-corrected chi connectivity index (χ0v) is 13.6. The van der Waals surface area contributed by atoms with Gasteiger partial charge in [-0.2, -0.15) is 0 Å². The number of likely N-dealkylation sites (N-methyl/N-ethyl adjacent to an activating group) is 1. The summed E-state index contributed by atoms with van der Waals surface area (Å²) in [5, 5.41) is 0. The average Bonchev–Trinajstić information content (AvgIpc) is 3.26. The van der Waals surface area contributed by atoms with E-state index in [-0.39, 0.29) is 17.9 Å². The summed E-state index contributed by atoms with van der Waals surface area (Å²) in [7, 11) is 1.67.